The van der Waals surface area contributed by atoms with Crippen molar-refractivity contribution in [3.8, 4) is 11.3 Å². The number of benzene rings is 1. The highest BCUT2D eigenvalue weighted by Crippen LogP contribution is 2.24. The van der Waals surface area contributed by atoms with Gasteiger partial charge in [-0.05, 0) is 30.5 Å². The predicted molar refractivity (Wildman–Crippen MR) is 91.4 cm³/mol. The standard InChI is InChI=1S/C18H19N5O/c1-23-17(11-21-22-23)12-2-3-13-10-20-16(7-15(13)6-12)8-18(24)14-4-5-19-9-14/h2-3,6-7,10-11,14,19H,4-5,8-9H2,1H3. The Morgan fingerprint density at radius 1 is 1.29 bits per heavy atom. The average molecular weight is 321 g/mol. The first-order valence-electron chi connectivity index (χ1n) is 8.18. The van der Waals surface area contributed by atoms with Crippen LogP contribution in [0.1, 0.15) is 12.1 Å². The van der Waals surface area contributed by atoms with Crippen LogP contribution >= 0.6 is 0 Å². The Bertz CT molecular complexity index is 895. The van der Waals surface area contributed by atoms with Gasteiger partial charge in [-0.2, -0.15) is 0 Å². The Kier molecular flexibility index (Phi) is 3.82. The van der Waals surface area contributed by atoms with Crippen LogP contribution in [0, 0.1) is 5.92 Å². The Morgan fingerprint density at radius 3 is 2.96 bits per heavy atom. The Morgan fingerprint density at radius 2 is 2.21 bits per heavy atom. The second-order valence-electron chi connectivity index (χ2n) is 6.31. The number of rotatable bonds is 4. The van der Waals surface area contributed by atoms with Crippen molar-refractivity contribution in [3.63, 3.8) is 0 Å². The molecule has 6 nitrogen and oxygen atoms in total. The molecule has 1 unspecified atom stereocenters. The summed E-state index contributed by atoms with van der Waals surface area (Å²) in [7, 11) is 1.87. The van der Waals surface area contributed by atoms with Gasteiger partial charge in [-0.15, -0.1) is 5.10 Å². The molecule has 1 fully saturated rings. The summed E-state index contributed by atoms with van der Waals surface area (Å²) in [5, 5.41) is 13.3. The van der Waals surface area contributed by atoms with E-state index in [0.717, 1.165) is 47.2 Å². The third kappa shape index (κ3) is 2.80. The topological polar surface area (TPSA) is 72.7 Å². The van der Waals surface area contributed by atoms with Crippen molar-refractivity contribution in [1.29, 1.82) is 0 Å². The van der Waals surface area contributed by atoms with E-state index in [1.54, 1.807) is 10.9 Å². The van der Waals surface area contributed by atoms with Gasteiger partial charge in [-0.25, -0.2) is 4.68 Å². The lowest BCUT2D eigenvalue weighted by Gasteiger charge is -2.08. The number of pyridine rings is 1. The quantitative estimate of drug-likeness (QED) is 0.792. The lowest BCUT2D eigenvalue weighted by atomic mass is 9.98. The van der Waals surface area contributed by atoms with Crippen molar-refractivity contribution in [1.82, 2.24) is 25.3 Å². The van der Waals surface area contributed by atoms with Crippen LogP contribution in [0.15, 0.2) is 36.7 Å². The first-order valence-corrected chi connectivity index (χ1v) is 8.18. The molecule has 6 heteroatoms. The van der Waals surface area contributed by atoms with Gasteiger partial charge < -0.3 is 5.32 Å². The van der Waals surface area contributed by atoms with Gasteiger partial charge in [-0.1, -0.05) is 17.3 Å². The van der Waals surface area contributed by atoms with Gasteiger partial charge in [-0.3, -0.25) is 9.78 Å². The summed E-state index contributed by atoms with van der Waals surface area (Å²) in [6, 6.07) is 8.19. The third-order valence-electron chi connectivity index (χ3n) is 4.66. The van der Waals surface area contributed by atoms with Crippen molar-refractivity contribution in [2.45, 2.75) is 12.8 Å². The first-order chi connectivity index (χ1) is 11.7. The third-order valence-corrected chi connectivity index (χ3v) is 4.66. The molecule has 1 aromatic carbocycles. The fraction of sp³-hybridized carbons (Fsp3) is 0.333. The van der Waals surface area contributed by atoms with Crippen molar-refractivity contribution in [3.05, 3.63) is 42.4 Å². The maximum Gasteiger partial charge on any atom is 0.143 e. The van der Waals surface area contributed by atoms with Crippen molar-refractivity contribution < 1.29 is 4.79 Å². The zero-order chi connectivity index (χ0) is 16.5. The molecule has 2 aromatic heterocycles. The Balaban J connectivity index is 1.64. The van der Waals surface area contributed by atoms with Gasteiger partial charge in [0.2, 0.25) is 0 Å². The summed E-state index contributed by atoms with van der Waals surface area (Å²) < 4.78 is 1.75. The summed E-state index contributed by atoms with van der Waals surface area (Å²) in [6.07, 6.45) is 4.93. The fourth-order valence-electron chi connectivity index (χ4n) is 3.25. The van der Waals surface area contributed by atoms with Crippen LogP contribution in [0.2, 0.25) is 0 Å². The van der Waals surface area contributed by atoms with E-state index in [9.17, 15) is 4.79 Å². The maximum absolute atomic E-state index is 12.3. The van der Waals surface area contributed by atoms with E-state index in [-0.39, 0.29) is 11.7 Å². The molecule has 0 radical (unpaired) electrons. The lowest BCUT2D eigenvalue weighted by Crippen LogP contribution is -2.19. The molecular formula is C18H19N5O. The van der Waals surface area contributed by atoms with Crippen LogP contribution in [0.5, 0.6) is 0 Å². The van der Waals surface area contributed by atoms with E-state index in [0.29, 0.717) is 6.42 Å². The van der Waals surface area contributed by atoms with Gasteiger partial charge in [0, 0.05) is 48.8 Å². The van der Waals surface area contributed by atoms with Gasteiger partial charge in [0.05, 0.1) is 11.9 Å². The highest BCUT2D eigenvalue weighted by molar-refractivity contribution is 5.88. The van der Waals surface area contributed by atoms with E-state index in [2.05, 4.69) is 26.7 Å². The Hall–Kier alpha value is -2.60. The second kappa shape index (κ2) is 6.13. The summed E-state index contributed by atoms with van der Waals surface area (Å²) >= 11 is 0. The van der Waals surface area contributed by atoms with E-state index < -0.39 is 0 Å². The largest absolute Gasteiger partial charge is 0.316 e. The number of Topliss-reactive ketones (excluding diaryl/α,β-unsaturated/α-hetero) is 1. The van der Waals surface area contributed by atoms with Crippen LogP contribution in [-0.4, -0.2) is 38.9 Å². The number of ketones is 1. The molecular weight excluding hydrogens is 302 g/mol. The molecule has 1 aliphatic heterocycles. The minimum absolute atomic E-state index is 0.134. The number of nitrogens with zero attached hydrogens (tertiary/aromatic N) is 4. The normalized spacial score (nSPS) is 17.5. The molecule has 0 amide bonds. The molecule has 1 aliphatic rings. The molecule has 0 spiro atoms. The SMILES string of the molecule is Cn1nncc1-c1ccc2cnc(CC(=O)C3CCNC3)cc2c1. The minimum Gasteiger partial charge on any atom is -0.316 e. The van der Waals surface area contributed by atoms with Crippen molar-refractivity contribution in [2.75, 3.05) is 13.1 Å². The van der Waals surface area contributed by atoms with E-state index in [1.807, 2.05) is 31.4 Å². The smallest absolute Gasteiger partial charge is 0.143 e. The summed E-state index contributed by atoms with van der Waals surface area (Å²) in [6.45, 7) is 1.73. The van der Waals surface area contributed by atoms with E-state index >= 15 is 0 Å². The monoisotopic (exact) mass is 321 g/mol. The van der Waals surface area contributed by atoms with Gasteiger partial charge >= 0.3 is 0 Å². The molecule has 122 valence electrons. The van der Waals surface area contributed by atoms with E-state index in [4.69, 9.17) is 0 Å². The number of aryl methyl sites for hydroxylation is 1. The number of hydrogen-bond donors (Lipinski definition) is 1. The number of hydrogen-bond acceptors (Lipinski definition) is 5. The number of fused-ring (bicyclic) bond motifs is 1. The molecule has 3 aromatic rings. The van der Waals surface area contributed by atoms with Crippen LogP contribution in [0.4, 0.5) is 0 Å². The summed E-state index contributed by atoms with van der Waals surface area (Å²) in [4.78, 5) is 16.8. The van der Waals surface area contributed by atoms with Crippen LogP contribution in [-0.2, 0) is 18.3 Å². The predicted octanol–water partition coefficient (Wildman–Crippen LogP) is 1.75. The fourth-order valence-corrected chi connectivity index (χ4v) is 3.25. The molecule has 1 atom stereocenters. The highest BCUT2D eigenvalue weighted by atomic mass is 16.1. The molecule has 4 rings (SSSR count). The Labute approximate surface area is 139 Å². The average Bonchev–Trinajstić information content (AvgIpc) is 3.25. The maximum atomic E-state index is 12.3. The molecule has 3 heterocycles. The number of carbonyl (C=O) groups is 1. The highest BCUT2D eigenvalue weighted by Gasteiger charge is 2.22. The molecule has 0 bridgehead atoms. The van der Waals surface area contributed by atoms with E-state index in [1.165, 1.54) is 0 Å². The second-order valence-corrected chi connectivity index (χ2v) is 6.31. The molecule has 0 aliphatic carbocycles. The molecule has 1 saturated heterocycles. The van der Waals surface area contributed by atoms with Gasteiger partial charge in [0.25, 0.3) is 0 Å². The minimum atomic E-state index is 0.134. The van der Waals surface area contributed by atoms with Crippen LogP contribution in [0.25, 0.3) is 22.0 Å². The number of nitrogens with one attached hydrogen (secondary N) is 1. The zero-order valence-electron chi connectivity index (χ0n) is 13.6. The molecule has 1 N–H and O–H groups in total. The van der Waals surface area contributed by atoms with Gasteiger partial charge in [0.15, 0.2) is 0 Å². The zero-order valence-corrected chi connectivity index (χ0v) is 13.6. The first kappa shape index (κ1) is 15.0. The van der Waals surface area contributed by atoms with Crippen LogP contribution < -0.4 is 5.32 Å². The molecule has 0 saturated carbocycles. The van der Waals surface area contributed by atoms with Crippen molar-refractivity contribution >= 4 is 16.6 Å². The summed E-state index contributed by atoms with van der Waals surface area (Å²) in [5.74, 6) is 0.410. The number of aromatic nitrogens is 4. The van der Waals surface area contributed by atoms with Crippen LogP contribution in [0.3, 0.4) is 0 Å². The summed E-state index contributed by atoms with van der Waals surface area (Å²) in [5.41, 5.74) is 2.85. The molecule has 24 heavy (non-hydrogen) atoms. The van der Waals surface area contributed by atoms with Crippen molar-refractivity contribution in [2.24, 2.45) is 13.0 Å². The number of carbonyl (C=O) groups excluding carboxylic acids is 1. The lowest BCUT2D eigenvalue weighted by molar-refractivity contribution is -0.121. The van der Waals surface area contributed by atoms with Gasteiger partial charge in [0.1, 0.15) is 5.78 Å².